The molecular formula is C18H17FN4O4. The molecule has 0 N–H and O–H groups in total. The van der Waals surface area contributed by atoms with Crippen LogP contribution in [0.1, 0.15) is 5.89 Å². The number of halogens is 1. The van der Waals surface area contributed by atoms with Gasteiger partial charge in [0.1, 0.15) is 6.61 Å². The van der Waals surface area contributed by atoms with Crippen molar-refractivity contribution >= 4 is 5.69 Å². The first-order valence-corrected chi connectivity index (χ1v) is 8.16. The number of nitro groups is 1. The van der Waals surface area contributed by atoms with Crippen LogP contribution in [0.15, 0.2) is 52.9 Å². The van der Waals surface area contributed by atoms with E-state index in [1.54, 1.807) is 30.3 Å². The summed E-state index contributed by atoms with van der Waals surface area (Å²) in [5.74, 6) is 0.501. The molecule has 3 rings (SSSR count). The molecule has 0 saturated carbocycles. The number of rotatable bonds is 8. The topological polar surface area (TPSA) is 94.5 Å². The third-order valence-electron chi connectivity index (χ3n) is 3.76. The summed E-state index contributed by atoms with van der Waals surface area (Å²) in [5, 5.41) is 18.6. The molecule has 0 bridgehead atoms. The number of nitro benzene ring substituents is 1. The van der Waals surface area contributed by atoms with E-state index >= 15 is 0 Å². The first kappa shape index (κ1) is 18.5. The third kappa shape index (κ3) is 4.85. The van der Waals surface area contributed by atoms with Crippen LogP contribution in [0.2, 0.25) is 0 Å². The van der Waals surface area contributed by atoms with Crippen LogP contribution in [0, 0.1) is 15.9 Å². The second-order valence-electron chi connectivity index (χ2n) is 5.82. The Morgan fingerprint density at radius 2 is 1.93 bits per heavy atom. The molecular weight excluding hydrogens is 355 g/mol. The van der Waals surface area contributed by atoms with Crippen molar-refractivity contribution in [2.45, 2.75) is 6.54 Å². The summed E-state index contributed by atoms with van der Waals surface area (Å²) in [4.78, 5) is 12.1. The van der Waals surface area contributed by atoms with Crippen molar-refractivity contribution in [1.82, 2.24) is 15.1 Å². The van der Waals surface area contributed by atoms with E-state index in [1.165, 1.54) is 18.2 Å². The monoisotopic (exact) mass is 372 g/mol. The lowest BCUT2D eigenvalue weighted by molar-refractivity contribution is -0.384. The van der Waals surface area contributed by atoms with Crippen molar-refractivity contribution in [3.63, 3.8) is 0 Å². The average molecular weight is 372 g/mol. The van der Waals surface area contributed by atoms with Gasteiger partial charge >= 0.3 is 0 Å². The zero-order valence-electron chi connectivity index (χ0n) is 14.5. The minimum Gasteiger partial charge on any atom is -0.489 e. The van der Waals surface area contributed by atoms with Crippen LogP contribution in [-0.4, -0.2) is 40.2 Å². The molecule has 0 aliphatic heterocycles. The van der Waals surface area contributed by atoms with Gasteiger partial charge in [-0.25, -0.2) is 4.39 Å². The van der Waals surface area contributed by atoms with Gasteiger partial charge in [-0.05, 0) is 31.3 Å². The molecule has 0 saturated heterocycles. The second-order valence-corrected chi connectivity index (χ2v) is 5.82. The number of para-hydroxylation sites is 1. The Hall–Kier alpha value is -3.33. The van der Waals surface area contributed by atoms with Crippen LogP contribution >= 0.6 is 0 Å². The largest absolute Gasteiger partial charge is 0.489 e. The summed E-state index contributed by atoms with van der Waals surface area (Å²) in [6.45, 7) is 1.23. The number of aromatic nitrogens is 2. The van der Waals surface area contributed by atoms with E-state index in [1.807, 2.05) is 11.9 Å². The van der Waals surface area contributed by atoms with E-state index in [2.05, 4.69) is 10.2 Å². The Kier molecular flexibility index (Phi) is 5.72. The molecule has 0 aliphatic carbocycles. The highest BCUT2D eigenvalue weighted by Crippen LogP contribution is 2.21. The molecule has 0 unspecified atom stereocenters. The predicted octanol–water partition coefficient (Wildman–Crippen LogP) is 3.29. The first-order chi connectivity index (χ1) is 13.0. The lowest BCUT2D eigenvalue weighted by atomic mass is 10.2. The Morgan fingerprint density at radius 3 is 2.63 bits per heavy atom. The lowest BCUT2D eigenvalue weighted by Crippen LogP contribution is -2.24. The van der Waals surface area contributed by atoms with Crippen LogP contribution in [0.3, 0.4) is 0 Å². The number of nitrogens with zero attached hydrogens (tertiary/aromatic N) is 4. The number of hydrogen-bond acceptors (Lipinski definition) is 7. The minimum absolute atomic E-state index is 0.00641. The zero-order valence-corrected chi connectivity index (χ0v) is 14.5. The summed E-state index contributed by atoms with van der Waals surface area (Å²) >= 11 is 0. The maximum Gasteiger partial charge on any atom is 0.269 e. The summed E-state index contributed by atoms with van der Waals surface area (Å²) in [6.07, 6.45) is 0. The summed E-state index contributed by atoms with van der Waals surface area (Å²) < 4.78 is 24.5. The van der Waals surface area contributed by atoms with Gasteiger partial charge in [0.2, 0.25) is 11.8 Å². The quantitative estimate of drug-likeness (QED) is 0.442. The fraction of sp³-hybridized carbons (Fsp3) is 0.222. The maximum absolute atomic E-state index is 13.5. The first-order valence-electron chi connectivity index (χ1n) is 8.16. The highest BCUT2D eigenvalue weighted by Gasteiger charge is 2.12. The molecule has 3 aromatic rings. The second kappa shape index (κ2) is 8.37. The molecule has 0 aliphatic rings. The van der Waals surface area contributed by atoms with Crippen molar-refractivity contribution in [2.75, 3.05) is 20.2 Å². The van der Waals surface area contributed by atoms with Gasteiger partial charge in [-0.2, -0.15) is 0 Å². The smallest absolute Gasteiger partial charge is 0.269 e. The van der Waals surface area contributed by atoms with Crippen molar-refractivity contribution in [1.29, 1.82) is 0 Å². The molecule has 0 spiro atoms. The van der Waals surface area contributed by atoms with E-state index in [4.69, 9.17) is 9.15 Å². The molecule has 1 heterocycles. The standard InChI is InChI=1S/C18H17FN4O4/c1-22(10-11-26-16-5-3-2-4-15(16)19)12-17-20-21-18(27-17)13-6-8-14(9-7-13)23(24)25/h2-9H,10-12H2,1H3. The van der Waals surface area contributed by atoms with E-state index in [0.29, 0.717) is 31.2 Å². The minimum atomic E-state index is -0.471. The SMILES string of the molecule is CN(CCOc1ccccc1F)Cc1nnc(-c2ccc([N+](=O)[O-])cc2)o1. The molecule has 0 atom stereocenters. The Balaban J connectivity index is 1.52. The molecule has 2 aromatic carbocycles. The molecule has 1 aromatic heterocycles. The van der Waals surface area contributed by atoms with Gasteiger partial charge in [-0.3, -0.25) is 15.0 Å². The predicted molar refractivity (Wildman–Crippen MR) is 94.6 cm³/mol. The van der Waals surface area contributed by atoms with Gasteiger partial charge < -0.3 is 9.15 Å². The molecule has 9 heteroatoms. The third-order valence-corrected chi connectivity index (χ3v) is 3.76. The Labute approximate surface area is 154 Å². The van der Waals surface area contributed by atoms with Crippen molar-refractivity contribution in [2.24, 2.45) is 0 Å². The van der Waals surface area contributed by atoms with Gasteiger partial charge in [0.25, 0.3) is 5.69 Å². The van der Waals surface area contributed by atoms with E-state index < -0.39 is 10.7 Å². The highest BCUT2D eigenvalue weighted by molar-refractivity contribution is 5.55. The Bertz CT molecular complexity index is 914. The number of benzene rings is 2. The number of non-ortho nitro benzene ring substituents is 1. The fourth-order valence-corrected chi connectivity index (χ4v) is 2.34. The zero-order chi connectivity index (χ0) is 19.2. The van der Waals surface area contributed by atoms with Gasteiger partial charge in [0, 0.05) is 24.2 Å². The van der Waals surface area contributed by atoms with Gasteiger partial charge in [-0.15, -0.1) is 10.2 Å². The number of likely N-dealkylation sites (N-methyl/N-ethyl adjacent to an activating group) is 1. The normalized spacial score (nSPS) is 10.9. The van der Waals surface area contributed by atoms with Crippen LogP contribution < -0.4 is 4.74 Å². The fourth-order valence-electron chi connectivity index (χ4n) is 2.34. The molecule has 8 nitrogen and oxygen atoms in total. The number of hydrogen-bond donors (Lipinski definition) is 0. The summed E-state index contributed by atoms with van der Waals surface area (Å²) in [6, 6.07) is 12.1. The molecule has 140 valence electrons. The Morgan fingerprint density at radius 1 is 1.19 bits per heavy atom. The average Bonchev–Trinajstić information content (AvgIpc) is 3.12. The van der Waals surface area contributed by atoms with Gasteiger partial charge in [0.15, 0.2) is 11.6 Å². The van der Waals surface area contributed by atoms with Crippen LogP contribution in [0.5, 0.6) is 5.75 Å². The molecule has 0 radical (unpaired) electrons. The van der Waals surface area contributed by atoms with Gasteiger partial charge in [0.05, 0.1) is 11.5 Å². The van der Waals surface area contributed by atoms with Gasteiger partial charge in [-0.1, -0.05) is 12.1 Å². The van der Waals surface area contributed by atoms with Crippen LogP contribution in [0.25, 0.3) is 11.5 Å². The van der Waals surface area contributed by atoms with E-state index in [0.717, 1.165) is 0 Å². The van der Waals surface area contributed by atoms with Crippen molar-refractivity contribution in [3.8, 4) is 17.2 Å². The molecule has 0 amide bonds. The highest BCUT2D eigenvalue weighted by atomic mass is 19.1. The maximum atomic E-state index is 13.5. The van der Waals surface area contributed by atoms with E-state index in [9.17, 15) is 14.5 Å². The molecule has 0 fully saturated rings. The van der Waals surface area contributed by atoms with E-state index in [-0.39, 0.29) is 17.3 Å². The summed E-state index contributed by atoms with van der Waals surface area (Å²) in [5.41, 5.74) is 0.595. The molecule has 27 heavy (non-hydrogen) atoms. The van der Waals surface area contributed by atoms with Crippen molar-refractivity contribution < 1.29 is 18.5 Å². The summed E-state index contributed by atoms with van der Waals surface area (Å²) in [7, 11) is 1.85. The number of ether oxygens (including phenoxy) is 1. The van der Waals surface area contributed by atoms with Crippen LogP contribution in [-0.2, 0) is 6.54 Å². The van der Waals surface area contributed by atoms with Crippen molar-refractivity contribution in [3.05, 3.63) is 70.4 Å². The lowest BCUT2D eigenvalue weighted by Gasteiger charge is -2.14. The van der Waals surface area contributed by atoms with Crippen LogP contribution in [0.4, 0.5) is 10.1 Å².